The number of unbranched alkanes of at least 4 members (excludes halogenated alkanes) is 5. The van der Waals surface area contributed by atoms with Gasteiger partial charge in [-0.05, 0) is 25.7 Å². The molecule has 0 heterocycles. The first kappa shape index (κ1) is 15.5. The molecule has 0 rings (SSSR count). The van der Waals surface area contributed by atoms with Crippen LogP contribution in [0.5, 0.6) is 0 Å². The molecule has 3 heteroatoms. The van der Waals surface area contributed by atoms with Crippen LogP contribution >= 0.6 is 11.6 Å². The van der Waals surface area contributed by atoms with Crippen LogP contribution in [0.15, 0.2) is 12.2 Å². The summed E-state index contributed by atoms with van der Waals surface area (Å²) < 4.78 is 4.85. The van der Waals surface area contributed by atoms with Gasteiger partial charge >= 0.3 is 5.97 Å². The van der Waals surface area contributed by atoms with Crippen molar-refractivity contribution in [3.05, 3.63) is 12.2 Å². The summed E-state index contributed by atoms with van der Waals surface area (Å²) >= 11 is 5.55. The minimum absolute atomic E-state index is 0.176. The molecule has 0 unspecified atom stereocenters. The van der Waals surface area contributed by atoms with Crippen LogP contribution in [0, 0.1) is 0 Å². The van der Waals surface area contributed by atoms with E-state index in [1.807, 2.05) is 0 Å². The highest BCUT2D eigenvalue weighted by Crippen LogP contribution is 2.06. The van der Waals surface area contributed by atoms with Crippen molar-refractivity contribution in [2.45, 2.75) is 51.9 Å². The van der Waals surface area contributed by atoms with E-state index in [-0.39, 0.29) is 5.97 Å². The van der Waals surface area contributed by atoms with Crippen molar-refractivity contribution in [1.82, 2.24) is 0 Å². The van der Waals surface area contributed by atoms with E-state index in [0.717, 1.165) is 25.7 Å². The fourth-order valence-electron chi connectivity index (χ4n) is 1.41. The minimum Gasteiger partial charge on any atom is -0.466 e. The Morgan fingerprint density at radius 2 is 1.69 bits per heavy atom. The van der Waals surface area contributed by atoms with Crippen molar-refractivity contribution in [3.8, 4) is 0 Å². The largest absolute Gasteiger partial charge is 0.466 e. The number of carbonyl (C=O) groups is 1. The zero-order valence-corrected chi connectivity index (χ0v) is 11.0. The van der Waals surface area contributed by atoms with Crippen LogP contribution in [-0.2, 0) is 9.53 Å². The number of hydrogen-bond donors (Lipinski definition) is 0. The van der Waals surface area contributed by atoms with Gasteiger partial charge in [0.1, 0.15) is 0 Å². The number of hydrogen-bond acceptors (Lipinski definition) is 2. The van der Waals surface area contributed by atoms with E-state index in [1.165, 1.54) is 26.2 Å². The monoisotopic (exact) mass is 246 g/mol. The summed E-state index contributed by atoms with van der Waals surface area (Å²) in [5.74, 6) is 0.538. The van der Waals surface area contributed by atoms with Crippen molar-refractivity contribution in [1.29, 1.82) is 0 Å². The number of halogens is 1. The van der Waals surface area contributed by atoms with Crippen molar-refractivity contribution < 1.29 is 9.53 Å². The second-order valence-corrected chi connectivity index (χ2v) is 4.22. The molecule has 0 spiro atoms. The minimum atomic E-state index is -0.176. The SMILES string of the molecule is CC(=O)OCCCCCCC/C=C\CCCl. The number of esters is 1. The lowest BCUT2D eigenvalue weighted by Gasteiger charge is -2.01. The van der Waals surface area contributed by atoms with E-state index >= 15 is 0 Å². The van der Waals surface area contributed by atoms with E-state index in [2.05, 4.69) is 12.2 Å². The third kappa shape index (κ3) is 13.5. The summed E-state index contributed by atoms with van der Waals surface area (Å²) in [4.78, 5) is 10.5. The van der Waals surface area contributed by atoms with Gasteiger partial charge < -0.3 is 4.74 Å². The fourth-order valence-corrected chi connectivity index (χ4v) is 1.54. The molecule has 0 radical (unpaired) electrons. The summed E-state index contributed by atoms with van der Waals surface area (Å²) in [5.41, 5.74) is 0. The van der Waals surface area contributed by atoms with Crippen LogP contribution in [0.25, 0.3) is 0 Å². The van der Waals surface area contributed by atoms with E-state index in [0.29, 0.717) is 12.5 Å². The summed E-state index contributed by atoms with van der Waals surface area (Å²) in [6, 6.07) is 0. The highest BCUT2D eigenvalue weighted by atomic mass is 35.5. The molecule has 0 saturated carbocycles. The molecule has 0 aliphatic carbocycles. The smallest absolute Gasteiger partial charge is 0.302 e. The van der Waals surface area contributed by atoms with Crippen molar-refractivity contribution >= 4 is 17.6 Å². The number of allylic oxidation sites excluding steroid dienone is 2. The van der Waals surface area contributed by atoms with Crippen LogP contribution < -0.4 is 0 Å². The molecule has 0 fully saturated rings. The van der Waals surface area contributed by atoms with Gasteiger partial charge in [0, 0.05) is 12.8 Å². The molecule has 0 aromatic heterocycles. The molecule has 16 heavy (non-hydrogen) atoms. The van der Waals surface area contributed by atoms with E-state index in [4.69, 9.17) is 16.3 Å². The number of alkyl halides is 1. The van der Waals surface area contributed by atoms with Gasteiger partial charge in [-0.15, -0.1) is 11.6 Å². The first-order valence-electron chi connectivity index (χ1n) is 6.11. The van der Waals surface area contributed by atoms with E-state index in [9.17, 15) is 4.79 Å². The Bertz CT molecular complexity index is 190. The molecule has 0 aliphatic rings. The highest BCUT2D eigenvalue weighted by molar-refractivity contribution is 6.17. The third-order valence-corrected chi connectivity index (χ3v) is 2.48. The predicted molar refractivity (Wildman–Crippen MR) is 68.8 cm³/mol. The molecule has 94 valence electrons. The maximum absolute atomic E-state index is 10.5. The van der Waals surface area contributed by atoms with Crippen LogP contribution in [0.4, 0.5) is 0 Å². The Morgan fingerprint density at radius 1 is 1.06 bits per heavy atom. The van der Waals surface area contributed by atoms with Gasteiger partial charge in [-0.2, -0.15) is 0 Å². The van der Waals surface area contributed by atoms with Gasteiger partial charge in [0.05, 0.1) is 6.61 Å². The maximum atomic E-state index is 10.5. The molecule has 0 atom stereocenters. The fraction of sp³-hybridized carbons (Fsp3) is 0.769. The molecule has 0 saturated heterocycles. The maximum Gasteiger partial charge on any atom is 0.302 e. The van der Waals surface area contributed by atoms with Crippen molar-refractivity contribution in [3.63, 3.8) is 0 Å². The van der Waals surface area contributed by atoms with Gasteiger partial charge in [0.15, 0.2) is 0 Å². The number of rotatable bonds is 10. The van der Waals surface area contributed by atoms with Gasteiger partial charge in [-0.25, -0.2) is 0 Å². The normalized spacial score (nSPS) is 10.9. The summed E-state index contributed by atoms with van der Waals surface area (Å²) in [6.07, 6.45) is 12.3. The Hall–Kier alpha value is -0.500. The van der Waals surface area contributed by atoms with Gasteiger partial charge in [-0.3, -0.25) is 4.79 Å². The first-order valence-corrected chi connectivity index (χ1v) is 6.65. The molecule has 0 amide bonds. The zero-order valence-electron chi connectivity index (χ0n) is 10.2. The summed E-state index contributed by atoms with van der Waals surface area (Å²) in [5, 5.41) is 0. The Balaban J connectivity index is 3.01. The first-order chi connectivity index (χ1) is 7.77. The highest BCUT2D eigenvalue weighted by Gasteiger charge is 1.93. The molecule has 0 N–H and O–H groups in total. The van der Waals surface area contributed by atoms with Crippen LogP contribution in [-0.4, -0.2) is 18.5 Å². The van der Waals surface area contributed by atoms with Crippen LogP contribution in [0.2, 0.25) is 0 Å². The average molecular weight is 247 g/mol. The topological polar surface area (TPSA) is 26.3 Å². The molecular weight excluding hydrogens is 224 g/mol. The van der Waals surface area contributed by atoms with Crippen LogP contribution in [0.1, 0.15) is 51.9 Å². The van der Waals surface area contributed by atoms with E-state index in [1.54, 1.807) is 0 Å². The lowest BCUT2D eigenvalue weighted by molar-refractivity contribution is -0.141. The quantitative estimate of drug-likeness (QED) is 0.251. The van der Waals surface area contributed by atoms with E-state index < -0.39 is 0 Å². The molecule has 0 aliphatic heterocycles. The van der Waals surface area contributed by atoms with Crippen molar-refractivity contribution in [2.75, 3.05) is 12.5 Å². The Kier molecular flexibility index (Phi) is 12.2. The summed E-state index contributed by atoms with van der Waals surface area (Å²) in [7, 11) is 0. The number of carbonyl (C=O) groups excluding carboxylic acids is 1. The standard InChI is InChI=1S/C13H23ClO2/c1-13(15)16-12-10-8-6-4-2-3-5-7-9-11-14/h5,7H,2-4,6,8-12H2,1H3/b7-5-. The van der Waals surface area contributed by atoms with Crippen molar-refractivity contribution in [2.24, 2.45) is 0 Å². The molecular formula is C13H23ClO2. The lowest BCUT2D eigenvalue weighted by atomic mass is 10.1. The predicted octanol–water partition coefficient (Wildman–Crippen LogP) is 4.08. The molecule has 0 aromatic carbocycles. The molecule has 0 bridgehead atoms. The average Bonchev–Trinajstić information content (AvgIpc) is 2.25. The summed E-state index contributed by atoms with van der Waals surface area (Å²) in [6.45, 7) is 2.03. The second kappa shape index (κ2) is 12.6. The third-order valence-electron chi connectivity index (χ3n) is 2.26. The van der Waals surface area contributed by atoms with Gasteiger partial charge in [0.2, 0.25) is 0 Å². The second-order valence-electron chi connectivity index (χ2n) is 3.85. The number of ether oxygens (including phenoxy) is 1. The Morgan fingerprint density at radius 3 is 2.38 bits per heavy atom. The Labute approximate surface area is 104 Å². The van der Waals surface area contributed by atoms with Crippen LogP contribution in [0.3, 0.4) is 0 Å². The zero-order chi connectivity index (χ0) is 12.1. The van der Waals surface area contributed by atoms with Gasteiger partial charge in [-0.1, -0.05) is 31.4 Å². The van der Waals surface area contributed by atoms with Gasteiger partial charge in [0.25, 0.3) is 0 Å². The lowest BCUT2D eigenvalue weighted by Crippen LogP contribution is -1.99. The molecule has 2 nitrogen and oxygen atoms in total. The molecule has 0 aromatic rings.